The largest absolute Gasteiger partial charge is 0.369 e. The van der Waals surface area contributed by atoms with Crippen LogP contribution >= 0.6 is 0 Å². The maximum Gasteiger partial charge on any atom is 0.161 e. The molecule has 2 aliphatic rings. The first kappa shape index (κ1) is 16.2. The number of aromatic nitrogens is 3. The van der Waals surface area contributed by atoms with E-state index in [1.807, 2.05) is 12.1 Å². The van der Waals surface area contributed by atoms with Gasteiger partial charge in [0.1, 0.15) is 5.82 Å². The fourth-order valence-electron chi connectivity index (χ4n) is 4.13. The van der Waals surface area contributed by atoms with E-state index in [9.17, 15) is 0 Å². The highest BCUT2D eigenvalue weighted by molar-refractivity contribution is 5.61. The van der Waals surface area contributed by atoms with Crippen molar-refractivity contribution < 1.29 is 0 Å². The van der Waals surface area contributed by atoms with Crippen molar-refractivity contribution >= 4 is 11.5 Å². The molecule has 2 aromatic heterocycles. The van der Waals surface area contributed by atoms with Gasteiger partial charge in [-0.3, -0.25) is 4.98 Å². The number of rotatable bonds is 4. The first-order chi connectivity index (χ1) is 13.4. The van der Waals surface area contributed by atoms with E-state index >= 15 is 0 Å². The van der Waals surface area contributed by atoms with Crippen LogP contribution in [-0.2, 0) is 12.8 Å². The summed E-state index contributed by atoms with van der Waals surface area (Å²) in [7, 11) is 0. The van der Waals surface area contributed by atoms with Gasteiger partial charge in [0, 0.05) is 54.0 Å². The van der Waals surface area contributed by atoms with Gasteiger partial charge in [0.05, 0.1) is 0 Å². The van der Waals surface area contributed by atoms with Gasteiger partial charge in [-0.1, -0.05) is 18.2 Å². The van der Waals surface area contributed by atoms with E-state index in [0.717, 1.165) is 49.6 Å². The quantitative estimate of drug-likeness (QED) is 0.771. The molecule has 1 aromatic carbocycles. The number of para-hydroxylation sites is 1. The predicted octanol–water partition coefficient (Wildman–Crippen LogP) is 3.72. The van der Waals surface area contributed by atoms with Crippen molar-refractivity contribution in [1.29, 1.82) is 0 Å². The van der Waals surface area contributed by atoms with Crippen LogP contribution in [0.25, 0.3) is 11.4 Å². The van der Waals surface area contributed by atoms with Gasteiger partial charge in [0.15, 0.2) is 5.82 Å². The third kappa shape index (κ3) is 3.25. The van der Waals surface area contributed by atoms with Crippen molar-refractivity contribution in [2.45, 2.75) is 31.7 Å². The van der Waals surface area contributed by atoms with Gasteiger partial charge < -0.3 is 10.2 Å². The highest BCUT2D eigenvalue weighted by atomic mass is 15.2. The number of nitrogens with zero attached hydrogens (tertiary/aromatic N) is 4. The predicted molar refractivity (Wildman–Crippen MR) is 108 cm³/mol. The summed E-state index contributed by atoms with van der Waals surface area (Å²) in [5.74, 6) is 1.84. The summed E-state index contributed by atoms with van der Waals surface area (Å²) in [6.45, 7) is 2.08. The highest BCUT2D eigenvalue weighted by Crippen LogP contribution is 2.30. The summed E-state index contributed by atoms with van der Waals surface area (Å²) in [5.41, 5.74) is 4.84. The van der Waals surface area contributed by atoms with E-state index in [1.54, 1.807) is 12.4 Å². The Morgan fingerprint density at radius 3 is 2.67 bits per heavy atom. The molecule has 0 saturated carbocycles. The zero-order chi connectivity index (χ0) is 18.1. The van der Waals surface area contributed by atoms with Crippen molar-refractivity contribution in [3.63, 3.8) is 0 Å². The van der Waals surface area contributed by atoms with E-state index in [-0.39, 0.29) is 0 Å². The first-order valence-corrected chi connectivity index (χ1v) is 9.73. The number of anilines is 2. The lowest BCUT2D eigenvalue weighted by molar-refractivity contribution is 0.796. The fourth-order valence-corrected chi connectivity index (χ4v) is 4.13. The SMILES string of the molecule is c1ccc(N2CCC(Nc3nc(-c4ccncc4)nc4c3CCC4)C2)cc1. The number of hydrogen-bond donors (Lipinski definition) is 1. The minimum atomic E-state index is 0.412. The van der Waals surface area contributed by atoms with Crippen LogP contribution in [0, 0.1) is 0 Å². The molecule has 1 aliphatic carbocycles. The van der Waals surface area contributed by atoms with Crippen LogP contribution in [0.2, 0.25) is 0 Å². The summed E-state index contributed by atoms with van der Waals surface area (Å²) < 4.78 is 0. The van der Waals surface area contributed by atoms with E-state index in [4.69, 9.17) is 9.97 Å². The van der Waals surface area contributed by atoms with Crippen molar-refractivity contribution in [2.24, 2.45) is 0 Å². The van der Waals surface area contributed by atoms with Crippen LogP contribution in [-0.4, -0.2) is 34.1 Å². The molecule has 5 rings (SSSR count). The lowest BCUT2D eigenvalue weighted by Crippen LogP contribution is -2.27. The van der Waals surface area contributed by atoms with Crippen molar-refractivity contribution in [3.8, 4) is 11.4 Å². The number of nitrogens with one attached hydrogen (secondary N) is 1. The second-order valence-electron chi connectivity index (χ2n) is 7.32. The normalized spacial score (nSPS) is 18.5. The van der Waals surface area contributed by atoms with Gasteiger partial charge in [0.25, 0.3) is 0 Å². The number of hydrogen-bond acceptors (Lipinski definition) is 5. The molecule has 0 radical (unpaired) electrons. The zero-order valence-corrected chi connectivity index (χ0v) is 15.3. The standard InChI is InChI=1S/C22H23N5/c1-2-5-18(6-3-1)27-14-11-17(15-27)24-22-19-7-4-8-20(19)25-21(26-22)16-9-12-23-13-10-16/h1-3,5-6,9-10,12-13,17H,4,7-8,11,14-15H2,(H,24,25,26). The Labute approximate surface area is 159 Å². The average molecular weight is 357 g/mol. The monoisotopic (exact) mass is 357 g/mol. The van der Waals surface area contributed by atoms with Gasteiger partial charge in [-0.2, -0.15) is 0 Å². The second kappa shape index (κ2) is 6.99. The molecule has 1 atom stereocenters. The first-order valence-electron chi connectivity index (χ1n) is 9.73. The van der Waals surface area contributed by atoms with Gasteiger partial charge in [0.2, 0.25) is 0 Å². The van der Waals surface area contributed by atoms with E-state index in [0.29, 0.717) is 6.04 Å². The Balaban J connectivity index is 1.40. The van der Waals surface area contributed by atoms with Crippen LogP contribution in [0.4, 0.5) is 11.5 Å². The molecule has 5 heteroatoms. The Morgan fingerprint density at radius 1 is 0.963 bits per heavy atom. The van der Waals surface area contributed by atoms with Crippen LogP contribution in [0.5, 0.6) is 0 Å². The second-order valence-corrected chi connectivity index (χ2v) is 7.32. The summed E-state index contributed by atoms with van der Waals surface area (Å²) in [6, 6.07) is 15.0. The van der Waals surface area contributed by atoms with Crippen LogP contribution < -0.4 is 10.2 Å². The number of fused-ring (bicyclic) bond motifs is 1. The zero-order valence-electron chi connectivity index (χ0n) is 15.3. The number of benzene rings is 1. The summed E-state index contributed by atoms with van der Waals surface area (Å²) in [5, 5.41) is 3.74. The lowest BCUT2D eigenvalue weighted by Gasteiger charge is -2.20. The molecule has 1 fully saturated rings. The number of pyridine rings is 1. The van der Waals surface area contributed by atoms with Gasteiger partial charge in [-0.05, 0) is 49.9 Å². The van der Waals surface area contributed by atoms with Gasteiger partial charge in [-0.25, -0.2) is 9.97 Å². The van der Waals surface area contributed by atoms with E-state index in [1.165, 1.54) is 23.4 Å². The minimum Gasteiger partial charge on any atom is -0.369 e. The molecule has 0 bridgehead atoms. The van der Waals surface area contributed by atoms with E-state index in [2.05, 4.69) is 45.5 Å². The third-order valence-electron chi connectivity index (χ3n) is 5.52. The molecule has 3 aromatic rings. The smallest absolute Gasteiger partial charge is 0.161 e. The van der Waals surface area contributed by atoms with Crippen molar-refractivity contribution in [1.82, 2.24) is 15.0 Å². The number of aryl methyl sites for hydroxylation is 1. The molecule has 5 nitrogen and oxygen atoms in total. The molecule has 1 aliphatic heterocycles. The van der Waals surface area contributed by atoms with Crippen LogP contribution in [0.15, 0.2) is 54.9 Å². The van der Waals surface area contributed by atoms with E-state index < -0.39 is 0 Å². The Hall–Kier alpha value is -2.95. The maximum atomic E-state index is 4.91. The molecule has 1 saturated heterocycles. The molecular formula is C22H23N5. The molecule has 1 unspecified atom stereocenters. The fraction of sp³-hybridized carbons (Fsp3) is 0.318. The Bertz CT molecular complexity index is 926. The third-order valence-corrected chi connectivity index (χ3v) is 5.52. The minimum absolute atomic E-state index is 0.412. The summed E-state index contributed by atoms with van der Waals surface area (Å²) >= 11 is 0. The highest BCUT2D eigenvalue weighted by Gasteiger charge is 2.26. The van der Waals surface area contributed by atoms with Gasteiger partial charge in [-0.15, -0.1) is 0 Å². The van der Waals surface area contributed by atoms with Crippen molar-refractivity contribution in [2.75, 3.05) is 23.3 Å². The van der Waals surface area contributed by atoms with Crippen LogP contribution in [0.1, 0.15) is 24.1 Å². The molecular weight excluding hydrogens is 334 g/mol. The van der Waals surface area contributed by atoms with Crippen molar-refractivity contribution in [3.05, 3.63) is 66.1 Å². The van der Waals surface area contributed by atoms with Gasteiger partial charge >= 0.3 is 0 Å². The molecule has 0 spiro atoms. The summed E-state index contributed by atoms with van der Waals surface area (Å²) in [4.78, 5) is 16.3. The molecule has 1 N–H and O–H groups in total. The van der Waals surface area contributed by atoms with Crippen LogP contribution in [0.3, 0.4) is 0 Å². The maximum absolute atomic E-state index is 4.91. The lowest BCUT2D eigenvalue weighted by atomic mass is 10.2. The molecule has 136 valence electrons. The molecule has 0 amide bonds. The molecule has 27 heavy (non-hydrogen) atoms. The average Bonchev–Trinajstić information content (AvgIpc) is 3.39. The topological polar surface area (TPSA) is 53.9 Å². The summed E-state index contributed by atoms with van der Waals surface area (Å²) in [6.07, 6.45) is 8.01. The Morgan fingerprint density at radius 2 is 1.81 bits per heavy atom. The molecule has 3 heterocycles. The Kier molecular flexibility index (Phi) is 4.20.